The second-order valence-electron chi connectivity index (χ2n) is 5.86. The molecule has 6 heteroatoms. The highest BCUT2D eigenvalue weighted by Crippen LogP contribution is 2.29. The third-order valence-corrected chi connectivity index (χ3v) is 5.26. The summed E-state index contributed by atoms with van der Waals surface area (Å²) in [5, 5.41) is 5.46. The van der Waals surface area contributed by atoms with E-state index in [1.807, 2.05) is 54.7 Å². The highest BCUT2D eigenvalue weighted by molar-refractivity contribution is 7.11. The number of hydrogen-bond acceptors (Lipinski definition) is 4. The van der Waals surface area contributed by atoms with Crippen LogP contribution in [-0.4, -0.2) is 32.6 Å². The highest BCUT2D eigenvalue weighted by atomic mass is 32.1. The molecular formula is C16H24N4OS. The van der Waals surface area contributed by atoms with Gasteiger partial charge in [0.2, 0.25) is 5.91 Å². The first kappa shape index (κ1) is 16.7. The van der Waals surface area contributed by atoms with Gasteiger partial charge in [-0.3, -0.25) is 9.48 Å². The molecule has 2 aromatic rings. The molecule has 0 aliphatic rings. The molecule has 2 atom stereocenters. The van der Waals surface area contributed by atoms with Gasteiger partial charge in [0.1, 0.15) is 6.04 Å². The number of aryl methyl sites for hydroxylation is 4. The molecule has 0 saturated carbocycles. The fraction of sp³-hybridized carbons (Fsp3) is 0.562. The van der Waals surface area contributed by atoms with Crippen LogP contribution in [-0.2, 0) is 4.79 Å². The quantitative estimate of drug-likeness (QED) is 0.868. The van der Waals surface area contributed by atoms with Crippen molar-refractivity contribution >= 4 is 17.2 Å². The predicted molar refractivity (Wildman–Crippen MR) is 89.2 cm³/mol. The van der Waals surface area contributed by atoms with Crippen molar-refractivity contribution in [3.05, 3.63) is 33.0 Å². The smallest absolute Gasteiger partial charge is 0.247 e. The van der Waals surface area contributed by atoms with Gasteiger partial charge in [-0.05, 0) is 47.6 Å². The zero-order chi connectivity index (χ0) is 16.6. The van der Waals surface area contributed by atoms with E-state index in [0.717, 1.165) is 27.0 Å². The third kappa shape index (κ3) is 3.06. The maximum absolute atomic E-state index is 12.8. The Morgan fingerprint density at radius 1 is 1.27 bits per heavy atom. The SMILES string of the molecule is Cc1cc(C)n([C@H](C)C(=O)N(C)[C@@H](C)c2sc(C)nc2C)n1. The molecule has 22 heavy (non-hydrogen) atoms. The molecule has 0 radical (unpaired) electrons. The summed E-state index contributed by atoms with van der Waals surface area (Å²) < 4.78 is 1.80. The van der Waals surface area contributed by atoms with Gasteiger partial charge in [0, 0.05) is 17.6 Å². The first-order valence-electron chi connectivity index (χ1n) is 7.45. The van der Waals surface area contributed by atoms with Gasteiger partial charge in [0.25, 0.3) is 0 Å². The summed E-state index contributed by atoms with van der Waals surface area (Å²) in [4.78, 5) is 20.2. The number of hydrogen-bond donors (Lipinski definition) is 0. The van der Waals surface area contributed by atoms with E-state index in [4.69, 9.17) is 0 Å². The molecule has 0 spiro atoms. The Hall–Kier alpha value is -1.69. The Kier molecular flexibility index (Phi) is 4.70. The van der Waals surface area contributed by atoms with Gasteiger partial charge >= 0.3 is 0 Å². The van der Waals surface area contributed by atoms with Gasteiger partial charge in [-0.2, -0.15) is 5.10 Å². The van der Waals surface area contributed by atoms with Crippen LogP contribution in [0.1, 0.15) is 52.9 Å². The Morgan fingerprint density at radius 3 is 2.36 bits per heavy atom. The first-order chi connectivity index (χ1) is 10.2. The van der Waals surface area contributed by atoms with Crippen molar-refractivity contribution in [1.82, 2.24) is 19.7 Å². The lowest BCUT2D eigenvalue weighted by Crippen LogP contribution is -2.35. The van der Waals surface area contributed by atoms with Crippen LogP contribution in [0.15, 0.2) is 6.07 Å². The van der Waals surface area contributed by atoms with Crippen LogP contribution >= 0.6 is 11.3 Å². The van der Waals surface area contributed by atoms with Crippen LogP contribution < -0.4 is 0 Å². The van der Waals surface area contributed by atoms with Crippen molar-refractivity contribution < 1.29 is 4.79 Å². The van der Waals surface area contributed by atoms with E-state index in [9.17, 15) is 4.79 Å². The van der Waals surface area contributed by atoms with E-state index >= 15 is 0 Å². The average molecular weight is 320 g/mol. The molecule has 1 amide bonds. The molecule has 0 aliphatic carbocycles. The van der Waals surface area contributed by atoms with Crippen molar-refractivity contribution in [2.45, 2.75) is 53.6 Å². The minimum atomic E-state index is -0.310. The lowest BCUT2D eigenvalue weighted by Gasteiger charge is -2.27. The topological polar surface area (TPSA) is 51.0 Å². The van der Waals surface area contributed by atoms with E-state index < -0.39 is 0 Å². The van der Waals surface area contributed by atoms with Gasteiger partial charge < -0.3 is 4.90 Å². The molecule has 0 N–H and O–H groups in total. The standard InChI is InChI=1S/C16H24N4OS/c1-9-8-10(2)20(18-9)13(5)16(21)19(7)12(4)15-11(3)17-14(6)22-15/h8,12-13H,1-7H3/t12-,13+/m0/s1. The van der Waals surface area contributed by atoms with Gasteiger partial charge in [-0.1, -0.05) is 0 Å². The van der Waals surface area contributed by atoms with E-state index in [2.05, 4.69) is 10.1 Å². The zero-order valence-corrected chi connectivity index (χ0v) is 15.2. The fourth-order valence-corrected chi connectivity index (χ4v) is 3.76. The molecule has 120 valence electrons. The zero-order valence-electron chi connectivity index (χ0n) is 14.3. The molecule has 0 saturated heterocycles. The molecular weight excluding hydrogens is 296 g/mol. The fourth-order valence-electron chi connectivity index (χ4n) is 2.74. The molecule has 0 bridgehead atoms. The van der Waals surface area contributed by atoms with Crippen LogP contribution in [0, 0.1) is 27.7 Å². The number of likely N-dealkylation sites (N-methyl/N-ethyl adjacent to an activating group) is 1. The summed E-state index contributed by atoms with van der Waals surface area (Å²) in [6, 6.07) is 1.69. The van der Waals surface area contributed by atoms with Crippen LogP contribution in [0.3, 0.4) is 0 Å². The maximum atomic E-state index is 12.8. The number of amides is 1. The summed E-state index contributed by atoms with van der Waals surface area (Å²) in [5.74, 6) is 0.0594. The number of rotatable bonds is 4. The Morgan fingerprint density at radius 2 is 1.91 bits per heavy atom. The summed E-state index contributed by atoms with van der Waals surface area (Å²) in [5.41, 5.74) is 2.94. The molecule has 0 unspecified atom stereocenters. The van der Waals surface area contributed by atoms with Crippen molar-refractivity contribution in [2.75, 3.05) is 7.05 Å². The summed E-state index contributed by atoms with van der Waals surface area (Å²) in [6.45, 7) is 11.9. The number of nitrogens with zero attached hydrogens (tertiary/aromatic N) is 4. The molecule has 0 aromatic carbocycles. The average Bonchev–Trinajstić information content (AvgIpc) is 2.96. The Balaban J connectivity index is 2.21. The molecule has 5 nitrogen and oxygen atoms in total. The second kappa shape index (κ2) is 6.20. The van der Waals surface area contributed by atoms with Crippen molar-refractivity contribution in [2.24, 2.45) is 0 Å². The summed E-state index contributed by atoms with van der Waals surface area (Å²) >= 11 is 1.66. The number of carbonyl (C=O) groups excluding carboxylic acids is 1. The van der Waals surface area contributed by atoms with Gasteiger partial charge in [-0.15, -0.1) is 11.3 Å². The van der Waals surface area contributed by atoms with Crippen LogP contribution in [0.5, 0.6) is 0 Å². The minimum absolute atomic E-state index is 0.0121. The van der Waals surface area contributed by atoms with E-state index in [1.165, 1.54) is 0 Å². The minimum Gasteiger partial charge on any atom is -0.336 e. The van der Waals surface area contributed by atoms with E-state index in [1.54, 1.807) is 20.9 Å². The normalized spacial score (nSPS) is 14.0. The molecule has 0 aliphatic heterocycles. The lowest BCUT2D eigenvalue weighted by atomic mass is 10.2. The molecule has 2 rings (SSSR count). The van der Waals surface area contributed by atoms with Crippen LogP contribution in [0.25, 0.3) is 0 Å². The molecule has 2 heterocycles. The van der Waals surface area contributed by atoms with Gasteiger partial charge in [0.05, 0.1) is 22.4 Å². The Bertz CT molecular complexity index is 688. The number of carbonyl (C=O) groups is 1. The molecule has 0 fully saturated rings. The summed E-state index contributed by atoms with van der Waals surface area (Å²) in [6.07, 6.45) is 0. The molecule has 2 aromatic heterocycles. The van der Waals surface area contributed by atoms with Crippen LogP contribution in [0.4, 0.5) is 0 Å². The first-order valence-corrected chi connectivity index (χ1v) is 8.27. The van der Waals surface area contributed by atoms with E-state index in [-0.39, 0.29) is 18.0 Å². The second-order valence-corrected chi connectivity index (χ2v) is 7.09. The van der Waals surface area contributed by atoms with E-state index in [0.29, 0.717) is 0 Å². The lowest BCUT2D eigenvalue weighted by molar-refractivity contribution is -0.135. The Labute approximate surface area is 136 Å². The van der Waals surface area contributed by atoms with Crippen molar-refractivity contribution in [3.63, 3.8) is 0 Å². The predicted octanol–water partition coefficient (Wildman–Crippen LogP) is 3.35. The van der Waals surface area contributed by atoms with Gasteiger partial charge in [-0.25, -0.2) is 4.98 Å². The van der Waals surface area contributed by atoms with Gasteiger partial charge in [0.15, 0.2) is 0 Å². The monoisotopic (exact) mass is 320 g/mol. The number of aromatic nitrogens is 3. The summed E-state index contributed by atoms with van der Waals surface area (Å²) in [7, 11) is 1.85. The maximum Gasteiger partial charge on any atom is 0.247 e. The largest absolute Gasteiger partial charge is 0.336 e. The van der Waals surface area contributed by atoms with Crippen LogP contribution in [0.2, 0.25) is 0 Å². The van der Waals surface area contributed by atoms with Crippen molar-refractivity contribution in [3.8, 4) is 0 Å². The highest BCUT2D eigenvalue weighted by Gasteiger charge is 2.27. The number of thiazole rings is 1. The third-order valence-electron chi connectivity index (χ3n) is 4.02. The van der Waals surface area contributed by atoms with Crippen molar-refractivity contribution in [1.29, 1.82) is 0 Å².